The van der Waals surface area contributed by atoms with E-state index in [2.05, 4.69) is 17.5 Å². The largest absolute Gasteiger partial charge is 0.397 e. The summed E-state index contributed by atoms with van der Waals surface area (Å²) in [6.07, 6.45) is 2.81. The first-order valence-electron chi connectivity index (χ1n) is 11.4. The summed E-state index contributed by atoms with van der Waals surface area (Å²) in [6.45, 7) is 6.61. The summed E-state index contributed by atoms with van der Waals surface area (Å²) < 4.78 is 1.93. The number of hydrogen-bond donors (Lipinski definition) is 1. The molecule has 2 atom stereocenters. The number of nitrogen functional groups attached to an aromatic ring is 1. The number of para-hydroxylation sites is 1. The van der Waals surface area contributed by atoms with E-state index in [0.29, 0.717) is 29.6 Å². The predicted octanol–water partition coefficient (Wildman–Crippen LogP) is 3.89. The molecule has 0 saturated carbocycles. The van der Waals surface area contributed by atoms with Gasteiger partial charge in [-0.05, 0) is 48.7 Å². The van der Waals surface area contributed by atoms with Crippen LogP contribution in [0.25, 0.3) is 0 Å². The molecule has 2 bridgehead atoms. The molecule has 33 heavy (non-hydrogen) atoms. The first kappa shape index (κ1) is 21.1. The smallest absolute Gasteiger partial charge is 0.258 e. The first-order valence-corrected chi connectivity index (χ1v) is 11.4. The van der Waals surface area contributed by atoms with E-state index in [9.17, 15) is 9.59 Å². The van der Waals surface area contributed by atoms with Gasteiger partial charge in [-0.25, -0.2) is 0 Å². The fourth-order valence-corrected chi connectivity index (χ4v) is 5.27. The second kappa shape index (κ2) is 8.62. The molecule has 1 fully saturated rings. The molecule has 0 spiro atoms. The summed E-state index contributed by atoms with van der Waals surface area (Å²) in [5.41, 5.74) is 10.6. The van der Waals surface area contributed by atoms with E-state index in [4.69, 9.17) is 5.73 Å². The molecule has 3 heterocycles. The van der Waals surface area contributed by atoms with Crippen LogP contribution in [-0.4, -0.2) is 30.1 Å². The molecule has 1 saturated heterocycles. The zero-order valence-electron chi connectivity index (χ0n) is 18.6. The molecule has 3 aromatic rings. The lowest BCUT2D eigenvalue weighted by atomic mass is 9.83. The first-order chi connectivity index (χ1) is 16.0. The van der Waals surface area contributed by atoms with Gasteiger partial charge in [-0.2, -0.15) is 0 Å². The maximum atomic E-state index is 13.3. The Morgan fingerprint density at radius 3 is 2.64 bits per heavy atom. The van der Waals surface area contributed by atoms with E-state index in [0.717, 1.165) is 43.1 Å². The molecular weight excluding hydrogens is 412 g/mol. The van der Waals surface area contributed by atoms with Crippen molar-refractivity contribution in [2.45, 2.75) is 18.9 Å². The highest BCUT2D eigenvalue weighted by atomic mass is 16.2. The van der Waals surface area contributed by atoms with Crippen LogP contribution >= 0.6 is 0 Å². The van der Waals surface area contributed by atoms with Gasteiger partial charge in [0.05, 0.1) is 11.4 Å². The number of nitrogens with two attached hydrogens (primary N) is 1. The van der Waals surface area contributed by atoms with Crippen LogP contribution in [0.3, 0.4) is 0 Å². The number of rotatable bonds is 5. The highest BCUT2D eigenvalue weighted by molar-refractivity contribution is 6.07. The third kappa shape index (κ3) is 3.93. The van der Waals surface area contributed by atoms with Crippen molar-refractivity contribution < 1.29 is 4.79 Å². The monoisotopic (exact) mass is 440 g/mol. The van der Waals surface area contributed by atoms with Crippen molar-refractivity contribution in [3.63, 3.8) is 0 Å². The highest BCUT2D eigenvalue weighted by Gasteiger charge is 2.35. The average Bonchev–Trinajstić information content (AvgIpc) is 2.83. The Labute approximate surface area is 193 Å². The lowest BCUT2D eigenvalue weighted by Gasteiger charge is -2.44. The highest BCUT2D eigenvalue weighted by Crippen LogP contribution is 2.38. The number of piperidine rings is 1. The molecule has 6 nitrogen and oxygen atoms in total. The van der Waals surface area contributed by atoms with E-state index >= 15 is 0 Å². The van der Waals surface area contributed by atoms with Crippen molar-refractivity contribution in [2.24, 2.45) is 5.92 Å². The number of aromatic nitrogens is 1. The van der Waals surface area contributed by atoms with Gasteiger partial charge >= 0.3 is 0 Å². The molecule has 2 aromatic carbocycles. The quantitative estimate of drug-likeness (QED) is 0.483. The third-order valence-electron chi connectivity index (χ3n) is 6.72. The Bertz CT molecular complexity index is 1250. The lowest BCUT2D eigenvalue weighted by molar-refractivity contribution is 0.0989. The summed E-state index contributed by atoms with van der Waals surface area (Å²) in [5, 5.41) is 0. The molecule has 2 aliphatic rings. The Kier molecular flexibility index (Phi) is 5.50. The molecule has 2 aliphatic heterocycles. The van der Waals surface area contributed by atoms with Gasteiger partial charge in [0, 0.05) is 55.1 Å². The normalized spacial score (nSPS) is 19.0. The van der Waals surface area contributed by atoms with Crippen LogP contribution in [0, 0.1) is 5.92 Å². The van der Waals surface area contributed by atoms with Crippen molar-refractivity contribution in [3.8, 4) is 0 Å². The maximum absolute atomic E-state index is 13.3. The molecule has 1 amide bonds. The van der Waals surface area contributed by atoms with Crippen LogP contribution in [0.2, 0.25) is 0 Å². The van der Waals surface area contributed by atoms with Gasteiger partial charge in [-0.15, -0.1) is 6.58 Å². The van der Waals surface area contributed by atoms with E-state index in [1.807, 2.05) is 53.1 Å². The van der Waals surface area contributed by atoms with Crippen molar-refractivity contribution >= 4 is 23.0 Å². The summed E-state index contributed by atoms with van der Waals surface area (Å²) in [6, 6.07) is 20.7. The van der Waals surface area contributed by atoms with Crippen LogP contribution in [-0.2, 0) is 6.54 Å². The molecule has 0 aliphatic carbocycles. The molecule has 6 heteroatoms. The molecule has 168 valence electrons. The summed E-state index contributed by atoms with van der Waals surface area (Å²) in [4.78, 5) is 29.6. The number of hydrogen-bond acceptors (Lipinski definition) is 4. The number of fused-ring (bicyclic) bond motifs is 4. The Balaban J connectivity index is 1.40. The minimum absolute atomic E-state index is 0.0838. The summed E-state index contributed by atoms with van der Waals surface area (Å²) >= 11 is 0. The fraction of sp³-hybridized carbons (Fsp3) is 0.259. The number of amides is 1. The van der Waals surface area contributed by atoms with E-state index in [-0.39, 0.29) is 11.5 Å². The van der Waals surface area contributed by atoms with Gasteiger partial charge in [-0.1, -0.05) is 30.3 Å². The number of benzene rings is 2. The average molecular weight is 441 g/mol. The molecule has 5 rings (SSSR count). The Morgan fingerprint density at radius 1 is 1.06 bits per heavy atom. The van der Waals surface area contributed by atoms with Gasteiger partial charge in [0.15, 0.2) is 0 Å². The second-order valence-corrected chi connectivity index (χ2v) is 8.92. The Morgan fingerprint density at radius 2 is 1.88 bits per heavy atom. The second-order valence-electron chi connectivity index (χ2n) is 8.92. The number of nitrogens with zero attached hydrogens (tertiary/aromatic N) is 3. The van der Waals surface area contributed by atoms with E-state index in [1.54, 1.807) is 23.1 Å². The van der Waals surface area contributed by atoms with Crippen molar-refractivity contribution in [2.75, 3.05) is 35.2 Å². The predicted molar refractivity (Wildman–Crippen MR) is 133 cm³/mol. The number of anilines is 3. The van der Waals surface area contributed by atoms with Crippen molar-refractivity contribution in [3.05, 3.63) is 101 Å². The van der Waals surface area contributed by atoms with Crippen LogP contribution in [0.4, 0.5) is 17.1 Å². The molecule has 0 unspecified atom stereocenters. The maximum Gasteiger partial charge on any atom is 0.258 e. The molecular formula is C27H28N4O2. The van der Waals surface area contributed by atoms with Crippen molar-refractivity contribution in [1.82, 2.24) is 4.57 Å². The number of carbonyl (C=O) groups excluding carboxylic acids is 1. The lowest BCUT2D eigenvalue weighted by Crippen LogP contribution is -2.47. The van der Waals surface area contributed by atoms with Crippen LogP contribution in [0.1, 0.15) is 28.4 Å². The standard InChI is InChI=1S/C27H28N4O2/c1-2-13-30(22-7-4-3-5-8-22)27(33)20-11-12-25(23(28)15-20)29-16-19-14-21(18-29)24-9-6-10-26(32)31(24)17-19/h2-12,15,19,21H,1,13-14,16-18,28H2/t19-,21+/m1/s1. The number of carbonyl (C=O) groups is 1. The van der Waals surface area contributed by atoms with Crippen LogP contribution in [0.5, 0.6) is 0 Å². The van der Waals surface area contributed by atoms with Gasteiger partial charge in [-0.3, -0.25) is 9.59 Å². The van der Waals surface area contributed by atoms with Gasteiger partial charge in [0.25, 0.3) is 11.5 Å². The molecule has 1 aromatic heterocycles. The van der Waals surface area contributed by atoms with Gasteiger partial charge < -0.3 is 20.1 Å². The van der Waals surface area contributed by atoms with E-state index in [1.165, 1.54) is 0 Å². The van der Waals surface area contributed by atoms with Crippen LogP contribution < -0.4 is 21.1 Å². The SMILES string of the molecule is C=CCN(C(=O)c1ccc(N2C[C@H]3C[C@@H](C2)c2cccc(=O)n2C3)c(N)c1)c1ccccc1. The van der Waals surface area contributed by atoms with E-state index < -0.39 is 0 Å². The molecule has 0 radical (unpaired) electrons. The third-order valence-corrected chi connectivity index (χ3v) is 6.72. The summed E-state index contributed by atoms with van der Waals surface area (Å²) in [7, 11) is 0. The zero-order valence-corrected chi connectivity index (χ0v) is 18.6. The summed E-state index contributed by atoms with van der Waals surface area (Å²) in [5.74, 6) is 0.592. The number of pyridine rings is 1. The molecule has 2 N–H and O–H groups in total. The minimum Gasteiger partial charge on any atom is -0.397 e. The zero-order chi connectivity index (χ0) is 22.9. The minimum atomic E-state index is -0.108. The topological polar surface area (TPSA) is 71.6 Å². The van der Waals surface area contributed by atoms with Gasteiger partial charge in [0.2, 0.25) is 0 Å². The fourth-order valence-electron chi connectivity index (χ4n) is 5.27. The van der Waals surface area contributed by atoms with Gasteiger partial charge in [0.1, 0.15) is 0 Å². The van der Waals surface area contributed by atoms with Crippen LogP contribution in [0.15, 0.2) is 84.2 Å². The Hall–Kier alpha value is -3.80. The van der Waals surface area contributed by atoms with Crippen molar-refractivity contribution in [1.29, 1.82) is 0 Å².